The van der Waals surface area contributed by atoms with Crippen LogP contribution in [0.3, 0.4) is 0 Å². The Morgan fingerprint density at radius 1 is 1.27 bits per heavy atom. The van der Waals surface area contributed by atoms with E-state index in [4.69, 9.17) is 26.8 Å². The number of rotatable bonds is 3. The molecular weight excluding hydrogens is 313 g/mol. The van der Waals surface area contributed by atoms with Gasteiger partial charge in [-0.3, -0.25) is 0 Å². The Kier molecular flexibility index (Phi) is 3.40. The second kappa shape index (κ2) is 5.13. The Bertz CT molecular complexity index is 735. The SMILES string of the molecule is CC(C)(F)c1nc(N)nc(Nc2c(Cl)ccc3c2OCO3)n1. The van der Waals surface area contributed by atoms with E-state index in [1.165, 1.54) is 13.8 Å². The fraction of sp³-hybridized carbons (Fsp3) is 0.308. The van der Waals surface area contributed by atoms with Crippen molar-refractivity contribution in [2.75, 3.05) is 17.8 Å². The van der Waals surface area contributed by atoms with Gasteiger partial charge in [0.2, 0.25) is 18.7 Å². The molecule has 22 heavy (non-hydrogen) atoms. The predicted molar refractivity (Wildman–Crippen MR) is 79.2 cm³/mol. The van der Waals surface area contributed by atoms with E-state index in [1.807, 2.05) is 0 Å². The Labute approximate surface area is 130 Å². The molecule has 0 radical (unpaired) electrons. The maximum atomic E-state index is 14.0. The molecule has 0 saturated heterocycles. The van der Waals surface area contributed by atoms with Gasteiger partial charge in [0.1, 0.15) is 5.69 Å². The second-order valence-electron chi connectivity index (χ2n) is 5.09. The van der Waals surface area contributed by atoms with Crippen molar-refractivity contribution in [1.29, 1.82) is 0 Å². The Morgan fingerprint density at radius 3 is 2.77 bits per heavy atom. The van der Waals surface area contributed by atoms with Gasteiger partial charge in [-0.15, -0.1) is 0 Å². The van der Waals surface area contributed by atoms with Gasteiger partial charge in [-0.25, -0.2) is 4.39 Å². The number of aromatic nitrogens is 3. The maximum Gasteiger partial charge on any atom is 0.232 e. The third-order valence-electron chi connectivity index (χ3n) is 2.91. The number of hydrogen-bond donors (Lipinski definition) is 2. The molecule has 0 saturated carbocycles. The zero-order valence-corrected chi connectivity index (χ0v) is 12.6. The molecule has 0 atom stereocenters. The fourth-order valence-corrected chi connectivity index (χ4v) is 2.09. The van der Waals surface area contributed by atoms with Crippen molar-refractivity contribution in [3.05, 3.63) is 23.0 Å². The second-order valence-corrected chi connectivity index (χ2v) is 5.50. The molecule has 116 valence electrons. The number of ether oxygens (including phenoxy) is 2. The van der Waals surface area contributed by atoms with Gasteiger partial charge in [0.15, 0.2) is 23.0 Å². The van der Waals surface area contributed by atoms with Crippen LogP contribution in [0.4, 0.5) is 22.0 Å². The highest BCUT2D eigenvalue weighted by Gasteiger charge is 2.26. The first-order valence-corrected chi connectivity index (χ1v) is 6.78. The van der Waals surface area contributed by atoms with Crippen molar-refractivity contribution in [2.24, 2.45) is 0 Å². The summed E-state index contributed by atoms with van der Waals surface area (Å²) in [7, 11) is 0. The van der Waals surface area contributed by atoms with Gasteiger partial charge in [0.05, 0.1) is 5.02 Å². The number of hydrogen-bond acceptors (Lipinski definition) is 7. The highest BCUT2D eigenvalue weighted by Crippen LogP contribution is 2.44. The van der Waals surface area contributed by atoms with Crippen LogP contribution < -0.4 is 20.5 Å². The molecule has 0 spiro atoms. The third-order valence-corrected chi connectivity index (χ3v) is 3.22. The van der Waals surface area contributed by atoms with E-state index in [2.05, 4.69) is 20.3 Å². The average molecular weight is 326 g/mol. The fourth-order valence-electron chi connectivity index (χ4n) is 1.89. The van der Waals surface area contributed by atoms with Crippen molar-refractivity contribution in [3.63, 3.8) is 0 Å². The number of nitrogens with zero attached hydrogens (tertiary/aromatic N) is 3. The van der Waals surface area contributed by atoms with Gasteiger partial charge in [-0.2, -0.15) is 15.0 Å². The van der Waals surface area contributed by atoms with E-state index in [1.54, 1.807) is 12.1 Å². The number of nitrogen functional groups attached to an aromatic ring is 1. The molecule has 7 nitrogen and oxygen atoms in total. The molecule has 3 N–H and O–H groups in total. The zero-order valence-electron chi connectivity index (χ0n) is 11.9. The molecule has 9 heteroatoms. The summed E-state index contributed by atoms with van der Waals surface area (Å²) in [6.07, 6.45) is 0. The third kappa shape index (κ3) is 2.69. The van der Waals surface area contributed by atoms with Crippen LogP contribution in [0, 0.1) is 0 Å². The molecule has 0 bridgehead atoms. The van der Waals surface area contributed by atoms with Crippen LogP contribution >= 0.6 is 11.6 Å². The van der Waals surface area contributed by atoms with E-state index in [0.717, 1.165) is 0 Å². The van der Waals surface area contributed by atoms with Crippen LogP contribution in [0.25, 0.3) is 0 Å². The van der Waals surface area contributed by atoms with Gasteiger partial charge < -0.3 is 20.5 Å². The average Bonchev–Trinajstić information content (AvgIpc) is 2.89. The monoisotopic (exact) mass is 325 g/mol. The summed E-state index contributed by atoms with van der Waals surface area (Å²) in [6.45, 7) is 2.75. The van der Waals surface area contributed by atoms with Crippen molar-refractivity contribution >= 4 is 29.2 Å². The summed E-state index contributed by atoms with van der Waals surface area (Å²) in [5.74, 6) is 0.869. The number of anilines is 3. The van der Waals surface area contributed by atoms with Gasteiger partial charge in [0, 0.05) is 0 Å². The lowest BCUT2D eigenvalue weighted by Gasteiger charge is -2.15. The van der Waals surface area contributed by atoms with Crippen LogP contribution in [0.2, 0.25) is 5.02 Å². The van der Waals surface area contributed by atoms with Gasteiger partial charge in [-0.05, 0) is 26.0 Å². The van der Waals surface area contributed by atoms with Crippen LogP contribution in [0.1, 0.15) is 19.7 Å². The highest BCUT2D eigenvalue weighted by atomic mass is 35.5. The quantitative estimate of drug-likeness (QED) is 0.895. The van der Waals surface area contributed by atoms with Gasteiger partial charge >= 0.3 is 0 Å². The Hall–Kier alpha value is -2.35. The molecule has 2 aromatic rings. The van der Waals surface area contributed by atoms with E-state index < -0.39 is 5.67 Å². The number of benzene rings is 1. The normalized spacial score (nSPS) is 13.3. The largest absolute Gasteiger partial charge is 0.454 e. The summed E-state index contributed by atoms with van der Waals surface area (Å²) < 4.78 is 24.7. The standard InChI is InChI=1S/C13H13ClFN5O2/c1-13(2,15)10-18-11(16)20-12(19-10)17-8-6(14)3-4-7-9(8)22-5-21-7/h3-4H,5H2,1-2H3,(H3,16,17,18,19,20). The van der Waals surface area contributed by atoms with Gasteiger partial charge in [0.25, 0.3) is 0 Å². The first-order chi connectivity index (χ1) is 10.3. The first-order valence-electron chi connectivity index (χ1n) is 6.40. The molecule has 0 unspecified atom stereocenters. The number of nitrogens with two attached hydrogens (primary N) is 1. The first kappa shape index (κ1) is 14.6. The Balaban J connectivity index is 2.01. The van der Waals surface area contributed by atoms with Crippen LogP contribution in [-0.4, -0.2) is 21.7 Å². The number of halogens is 2. The van der Waals surface area contributed by atoms with E-state index in [-0.39, 0.29) is 24.5 Å². The zero-order chi connectivity index (χ0) is 15.9. The lowest BCUT2D eigenvalue weighted by Crippen LogP contribution is -2.17. The van der Waals surface area contributed by atoms with E-state index in [9.17, 15) is 4.39 Å². The lowest BCUT2D eigenvalue weighted by molar-refractivity contribution is 0.174. The molecule has 1 aromatic carbocycles. The summed E-state index contributed by atoms with van der Waals surface area (Å²) in [4.78, 5) is 11.7. The van der Waals surface area contributed by atoms with Crippen molar-refractivity contribution in [1.82, 2.24) is 15.0 Å². The number of fused-ring (bicyclic) bond motifs is 1. The molecule has 2 heterocycles. The topological polar surface area (TPSA) is 95.2 Å². The van der Waals surface area contributed by atoms with Crippen LogP contribution in [0.15, 0.2) is 12.1 Å². The molecule has 1 aliphatic rings. The summed E-state index contributed by atoms with van der Waals surface area (Å²) in [6, 6.07) is 3.33. The van der Waals surface area contributed by atoms with E-state index >= 15 is 0 Å². The van der Waals surface area contributed by atoms with Gasteiger partial charge in [-0.1, -0.05) is 11.6 Å². The summed E-state index contributed by atoms with van der Waals surface area (Å²) >= 11 is 6.15. The minimum absolute atomic E-state index is 0.0685. The summed E-state index contributed by atoms with van der Waals surface area (Å²) in [5, 5.41) is 3.26. The van der Waals surface area contributed by atoms with Crippen molar-refractivity contribution in [2.45, 2.75) is 19.5 Å². The molecule has 3 rings (SSSR count). The van der Waals surface area contributed by atoms with E-state index in [0.29, 0.717) is 22.2 Å². The molecule has 1 aliphatic heterocycles. The number of alkyl halides is 1. The smallest absolute Gasteiger partial charge is 0.232 e. The summed E-state index contributed by atoms with van der Waals surface area (Å²) in [5.41, 5.74) is 4.27. The Morgan fingerprint density at radius 2 is 2.05 bits per heavy atom. The number of nitrogens with one attached hydrogen (secondary N) is 1. The maximum absolute atomic E-state index is 14.0. The van der Waals surface area contributed by atoms with Crippen molar-refractivity contribution in [3.8, 4) is 11.5 Å². The molecule has 1 aromatic heterocycles. The predicted octanol–water partition coefficient (Wildman–Crippen LogP) is 2.78. The molecule has 0 amide bonds. The molecule has 0 fully saturated rings. The lowest BCUT2D eigenvalue weighted by atomic mass is 10.1. The minimum atomic E-state index is -1.75. The van der Waals surface area contributed by atoms with Crippen LogP contribution in [-0.2, 0) is 5.67 Å². The highest BCUT2D eigenvalue weighted by molar-refractivity contribution is 6.33. The van der Waals surface area contributed by atoms with Crippen molar-refractivity contribution < 1.29 is 13.9 Å². The molecular formula is C13H13ClFN5O2. The minimum Gasteiger partial charge on any atom is -0.454 e. The van der Waals surface area contributed by atoms with Crippen LogP contribution in [0.5, 0.6) is 11.5 Å². The molecule has 0 aliphatic carbocycles.